The van der Waals surface area contributed by atoms with Gasteiger partial charge in [-0.3, -0.25) is 0 Å². The van der Waals surface area contributed by atoms with Crippen LogP contribution in [0.3, 0.4) is 0 Å². The molecule has 0 fully saturated rings. The molecule has 0 spiro atoms. The predicted octanol–water partition coefficient (Wildman–Crippen LogP) is 3.78. The third-order valence-corrected chi connectivity index (χ3v) is 3.33. The first-order valence-electron chi connectivity index (χ1n) is 4.95. The zero-order valence-electron chi connectivity index (χ0n) is 9.53. The van der Waals surface area contributed by atoms with Crippen LogP contribution in [0.15, 0.2) is 24.8 Å². The number of rotatable bonds is 3. The zero-order chi connectivity index (χ0) is 12.4. The van der Waals surface area contributed by atoms with Crippen LogP contribution in [0.2, 0.25) is 5.02 Å². The van der Waals surface area contributed by atoms with Crippen molar-refractivity contribution >= 4 is 28.9 Å². The molecule has 0 aliphatic carbocycles. The van der Waals surface area contributed by atoms with Crippen molar-refractivity contribution in [3.8, 4) is 11.4 Å². The van der Waals surface area contributed by atoms with Crippen molar-refractivity contribution in [2.75, 3.05) is 7.11 Å². The molecule has 5 heteroatoms. The summed E-state index contributed by atoms with van der Waals surface area (Å²) in [5.74, 6) is 1.21. The molecule has 0 unspecified atom stereocenters. The summed E-state index contributed by atoms with van der Waals surface area (Å²) in [6.07, 6.45) is 0. The van der Waals surface area contributed by atoms with Gasteiger partial charge in [0.1, 0.15) is 5.76 Å². The smallest absolute Gasteiger partial charge is 0.178 e. The average molecular weight is 267 g/mol. The summed E-state index contributed by atoms with van der Waals surface area (Å²) in [6, 6.07) is 5.64. The summed E-state index contributed by atoms with van der Waals surface area (Å²) in [7, 11) is 1.57. The van der Waals surface area contributed by atoms with E-state index in [0.29, 0.717) is 21.6 Å². The molecular formula is C12H11ClN2OS. The maximum absolute atomic E-state index is 5.91. The average Bonchev–Trinajstić information content (AvgIpc) is 2.77. The van der Waals surface area contributed by atoms with Gasteiger partial charge >= 0.3 is 0 Å². The SMILES string of the molecule is C=C(OC)c1nc(-c2ccc(Cl)cc2C)ns1. The van der Waals surface area contributed by atoms with Gasteiger partial charge in [-0.15, -0.1) is 0 Å². The Labute approximate surface area is 109 Å². The normalized spacial score (nSPS) is 10.3. The number of halogens is 1. The fraction of sp³-hybridized carbons (Fsp3) is 0.167. The monoisotopic (exact) mass is 266 g/mol. The van der Waals surface area contributed by atoms with E-state index in [2.05, 4.69) is 15.9 Å². The number of nitrogens with zero attached hydrogens (tertiary/aromatic N) is 2. The van der Waals surface area contributed by atoms with Crippen LogP contribution in [0.25, 0.3) is 17.1 Å². The fourth-order valence-corrected chi connectivity index (χ4v) is 2.26. The van der Waals surface area contributed by atoms with E-state index < -0.39 is 0 Å². The largest absolute Gasteiger partial charge is 0.494 e. The highest BCUT2D eigenvalue weighted by molar-refractivity contribution is 7.06. The van der Waals surface area contributed by atoms with Crippen molar-refractivity contribution < 1.29 is 4.74 Å². The molecule has 0 bridgehead atoms. The molecule has 0 saturated heterocycles. The van der Waals surface area contributed by atoms with Gasteiger partial charge in [-0.1, -0.05) is 18.2 Å². The fourth-order valence-electron chi connectivity index (χ4n) is 1.41. The van der Waals surface area contributed by atoms with Gasteiger partial charge in [0.05, 0.1) is 7.11 Å². The van der Waals surface area contributed by atoms with Crippen LogP contribution in [0.4, 0.5) is 0 Å². The lowest BCUT2D eigenvalue weighted by atomic mass is 10.1. The second-order valence-electron chi connectivity index (χ2n) is 3.51. The Bertz CT molecular complexity index is 565. The number of benzene rings is 1. The van der Waals surface area contributed by atoms with E-state index in [1.54, 1.807) is 7.11 Å². The number of methoxy groups -OCH3 is 1. The summed E-state index contributed by atoms with van der Waals surface area (Å²) >= 11 is 7.18. The van der Waals surface area contributed by atoms with Crippen molar-refractivity contribution in [2.45, 2.75) is 6.92 Å². The molecule has 17 heavy (non-hydrogen) atoms. The number of ether oxygens (including phenoxy) is 1. The van der Waals surface area contributed by atoms with Gasteiger partial charge in [-0.05, 0) is 42.2 Å². The van der Waals surface area contributed by atoms with E-state index in [-0.39, 0.29) is 0 Å². The lowest BCUT2D eigenvalue weighted by Gasteiger charge is -2.01. The zero-order valence-corrected chi connectivity index (χ0v) is 11.1. The van der Waals surface area contributed by atoms with Crippen LogP contribution in [0.5, 0.6) is 0 Å². The molecule has 2 rings (SSSR count). The van der Waals surface area contributed by atoms with Gasteiger partial charge in [-0.2, -0.15) is 4.37 Å². The van der Waals surface area contributed by atoms with Gasteiger partial charge < -0.3 is 4.74 Å². The lowest BCUT2D eigenvalue weighted by Crippen LogP contribution is -1.87. The molecule has 3 nitrogen and oxygen atoms in total. The number of hydrogen-bond acceptors (Lipinski definition) is 4. The molecule has 1 heterocycles. The van der Waals surface area contributed by atoms with Crippen LogP contribution in [-0.4, -0.2) is 16.5 Å². The van der Waals surface area contributed by atoms with Crippen molar-refractivity contribution in [1.29, 1.82) is 0 Å². The van der Waals surface area contributed by atoms with Gasteiger partial charge in [0.2, 0.25) is 0 Å². The van der Waals surface area contributed by atoms with E-state index in [0.717, 1.165) is 11.1 Å². The number of aryl methyl sites for hydroxylation is 1. The minimum Gasteiger partial charge on any atom is -0.494 e. The van der Waals surface area contributed by atoms with Crippen molar-refractivity contribution in [1.82, 2.24) is 9.36 Å². The molecule has 0 aliphatic heterocycles. The minimum absolute atomic E-state index is 0.528. The maximum Gasteiger partial charge on any atom is 0.178 e. The highest BCUT2D eigenvalue weighted by Gasteiger charge is 2.11. The highest BCUT2D eigenvalue weighted by Crippen LogP contribution is 2.26. The maximum atomic E-state index is 5.91. The van der Waals surface area contributed by atoms with Crippen LogP contribution in [-0.2, 0) is 4.74 Å². The second kappa shape index (κ2) is 4.85. The molecule has 0 aliphatic rings. The van der Waals surface area contributed by atoms with E-state index >= 15 is 0 Å². The molecule has 1 aromatic carbocycles. The minimum atomic E-state index is 0.528. The Hall–Kier alpha value is -1.39. The van der Waals surface area contributed by atoms with Gasteiger partial charge in [0.25, 0.3) is 0 Å². The molecule has 0 saturated carbocycles. The highest BCUT2D eigenvalue weighted by atomic mass is 35.5. The molecule has 2 aromatic rings. The lowest BCUT2D eigenvalue weighted by molar-refractivity contribution is 0.371. The van der Waals surface area contributed by atoms with E-state index in [9.17, 15) is 0 Å². The molecular weight excluding hydrogens is 256 g/mol. The third kappa shape index (κ3) is 2.48. The first-order valence-corrected chi connectivity index (χ1v) is 6.10. The van der Waals surface area contributed by atoms with Crippen LogP contribution in [0, 0.1) is 6.92 Å². The number of aromatic nitrogens is 2. The van der Waals surface area contributed by atoms with Gasteiger partial charge in [-0.25, -0.2) is 4.98 Å². The number of hydrogen-bond donors (Lipinski definition) is 0. The Morgan fingerprint density at radius 2 is 2.24 bits per heavy atom. The Morgan fingerprint density at radius 1 is 1.47 bits per heavy atom. The van der Waals surface area contributed by atoms with Crippen molar-refractivity contribution in [3.05, 3.63) is 40.4 Å². The van der Waals surface area contributed by atoms with E-state index in [1.807, 2.05) is 25.1 Å². The first-order chi connectivity index (χ1) is 8.11. The van der Waals surface area contributed by atoms with Gasteiger partial charge in [0.15, 0.2) is 10.8 Å². The Morgan fingerprint density at radius 3 is 2.88 bits per heavy atom. The topological polar surface area (TPSA) is 35.0 Å². The summed E-state index contributed by atoms with van der Waals surface area (Å²) < 4.78 is 9.32. The third-order valence-electron chi connectivity index (χ3n) is 2.34. The predicted molar refractivity (Wildman–Crippen MR) is 71.1 cm³/mol. The standard InChI is InChI=1S/C12H11ClN2OS/c1-7-6-9(13)4-5-10(7)11-14-12(17-15-11)8(2)16-3/h4-6H,2H2,1,3H3. The molecule has 0 atom stereocenters. The van der Waals surface area contributed by atoms with E-state index in [4.69, 9.17) is 16.3 Å². The van der Waals surface area contributed by atoms with E-state index in [1.165, 1.54) is 11.5 Å². The van der Waals surface area contributed by atoms with Crippen LogP contribution < -0.4 is 0 Å². The summed E-state index contributed by atoms with van der Waals surface area (Å²) in [4.78, 5) is 4.38. The Balaban J connectivity index is 2.40. The van der Waals surface area contributed by atoms with Crippen LogP contribution >= 0.6 is 23.1 Å². The second-order valence-corrected chi connectivity index (χ2v) is 4.70. The van der Waals surface area contributed by atoms with Gasteiger partial charge in [0, 0.05) is 10.6 Å². The first kappa shape index (κ1) is 12.1. The summed E-state index contributed by atoms with van der Waals surface area (Å²) in [5.41, 5.74) is 2.02. The molecule has 0 N–H and O–H groups in total. The summed E-state index contributed by atoms with van der Waals surface area (Å²) in [6.45, 7) is 5.73. The quantitative estimate of drug-likeness (QED) is 0.793. The molecule has 88 valence electrons. The van der Waals surface area contributed by atoms with Crippen molar-refractivity contribution in [3.63, 3.8) is 0 Å². The Kier molecular flexibility index (Phi) is 3.45. The molecule has 1 aromatic heterocycles. The van der Waals surface area contributed by atoms with Crippen LogP contribution in [0.1, 0.15) is 10.6 Å². The van der Waals surface area contributed by atoms with Crippen molar-refractivity contribution in [2.24, 2.45) is 0 Å². The molecule has 0 radical (unpaired) electrons. The molecule has 0 amide bonds. The summed E-state index contributed by atoms with van der Waals surface area (Å²) in [5, 5.41) is 1.40.